The number of benzene rings is 1. The summed E-state index contributed by atoms with van der Waals surface area (Å²) >= 11 is 0. The fourth-order valence-corrected chi connectivity index (χ4v) is 2.65. The Balaban J connectivity index is 1.73. The first-order valence-corrected chi connectivity index (χ1v) is 8.49. The topological polar surface area (TPSA) is 44.5 Å². The van der Waals surface area contributed by atoms with Crippen molar-refractivity contribution in [1.82, 2.24) is 15.1 Å². The minimum atomic E-state index is 0.233. The molecule has 1 fully saturated rings. The first-order chi connectivity index (χ1) is 10.5. The van der Waals surface area contributed by atoms with E-state index in [1.807, 2.05) is 0 Å². The van der Waals surface area contributed by atoms with Crippen molar-refractivity contribution < 1.29 is 0 Å². The predicted octanol–water partition coefficient (Wildman–Crippen LogP) is 1.51. The van der Waals surface area contributed by atoms with Crippen molar-refractivity contribution in [3.05, 3.63) is 35.4 Å². The monoisotopic (exact) mass is 304 g/mol. The van der Waals surface area contributed by atoms with Gasteiger partial charge in [0, 0.05) is 51.9 Å². The summed E-state index contributed by atoms with van der Waals surface area (Å²) in [6.45, 7) is 11.9. The van der Waals surface area contributed by atoms with E-state index in [2.05, 4.69) is 60.3 Å². The van der Waals surface area contributed by atoms with Gasteiger partial charge in [-0.15, -0.1) is 0 Å². The molecule has 2 rings (SSSR count). The van der Waals surface area contributed by atoms with Gasteiger partial charge in [0.15, 0.2) is 0 Å². The molecule has 124 valence electrons. The normalized spacial score (nSPS) is 18.8. The molecule has 1 saturated heterocycles. The smallest absolute Gasteiger partial charge is 0.0234 e. The van der Waals surface area contributed by atoms with E-state index in [4.69, 9.17) is 5.73 Å². The second kappa shape index (κ2) is 8.63. The molecule has 1 aliphatic heterocycles. The Bertz CT molecular complexity index is 421. The van der Waals surface area contributed by atoms with Gasteiger partial charge in [-0.3, -0.25) is 4.90 Å². The van der Waals surface area contributed by atoms with E-state index in [9.17, 15) is 0 Å². The maximum absolute atomic E-state index is 6.05. The first kappa shape index (κ1) is 17.4. The lowest BCUT2D eigenvalue weighted by Crippen LogP contribution is -2.43. The lowest BCUT2D eigenvalue weighted by Gasteiger charge is -2.32. The average Bonchev–Trinajstić information content (AvgIpc) is 2.51. The maximum atomic E-state index is 6.05. The second-order valence-electron chi connectivity index (χ2n) is 6.93. The molecule has 1 heterocycles. The number of hydrogen-bond acceptors (Lipinski definition) is 4. The zero-order valence-electron chi connectivity index (χ0n) is 14.4. The molecule has 22 heavy (non-hydrogen) atoms. The lowest BCUT2D eigenvalue weighted by molar-refractivity contribution is 0.148. The molecule has 4 nitrogen and oxygen atoms in total. The summed E-state index contributed by atoms with van der Waals surface area (Å²) in [5, 5.41) is 3.45. The van der Waals surface area contributed by atoms with Crippen LogP contribution in [0, 0.1) is 5.92 Å². The summed E-state index contributed by atoms with van der Waals surface area (Å²) in [6, 6.07) is 9.23. The zero-order chi connectivity index (χ0) is 15.9. The molecule has 1 aromatic rings. The fourth-order valence-electron chi connectivity index (χ4n) is 2.65. The molecule has 1 atom stereocenters. The molecule has 0 bridgehead atoms. The summed E-state index contributed by atoms with van der Waals surface area (Å²) in [6.07, 6.45) is 0. The number of nitrogens with one attached hydrogen (secondary N) is 1. The van der Waals surface area contributed by atoms with Crippen molar-refractivity contribution in [3.8, 4) is 0 Å². The minimum Gasteiger partial charge on any atom is -0.326 e. The van der Waals surface area contributed by atoms with Crippen LogP contribution in [0.25, 0.3) is 0 Å². The average molecular weight is 304 g/mol. The fraction of sp³-hybridized carbons (Fsp3) is 0.667. The zero-order valence-corrected chi connectivity index (χ0v) is 14.4. The Morgan fingerprint density at radius 3 is 2.23 bits per heavy atom. The molecule has 0 radical (unpaired) electrons. The van der Waals surface area contributed by atoms with E-state index < -0.39 is 0 Å². The van der Waals surface area contributed by atoms with Crippen LogP contribution in [0.2, 0.25) is 0 Å². The van der Waals surface area contributed by atoms with Crippen molar-refractivity contribution in [2.45, 2.75) is 33.0 Å². The summed E-state index contributed by atoms with van der Waals surface area (Å²) in [5.74, 6) is 0.526. The van der Waals surface area contributed by atoms with Crippen LogP contribution in [-0.4, -0.2) is 55.6 Å². The molecule has 0 amide bonds. The molecule has 1 unspecified atom stereocenters. The molecular formula is C18H32N4. The quantitative estimate of drug-likeness (QED) is 0.801. The third-order valence-corrected chi connectivity index (χ3v) is 4.59. The molecule has 0 saturated carbocycles. The van der Waals surface area contributed by atoms with Crippen LogP contribution >= 0.6 is 0 Å². The summed E-state index contributed by atoms with van der Waals surface area (Å²) < 4.78 is 0. The third kappa shape index (κ3) is 5.69. The van der Waals surface area contributed by atoms with Crippen LogP contribution in [0.3, 0.4) is 0 Å². The largest absolute Gasteiger partial charge is 0.326 e. The van der Waals surface area contributed by atoms with Crippen molar-refractivity contribution in [2.75, 3.05) is 39.8 Å². The van der Waals surface area contributed by atoms with Crippen LogP contribution in [0.5, 0.6) is 0 Å². The van der Waals surface area contributed by atoms with Gasteiger partial charge < -0.3 is 16.0 Å². The Hall–Kier alpha value is -0.940. The van der Waals surface area contributed by atoms with Crippen molar-refractivity contribution in [3.63, 3.8) is 0 Å². The SMILES string of the molecule is CC(C)C(N)CNCc1ccc(CN2CCN(C)CC2)cc1. The van der Waals surface area contributed by atoms with Gasteiger partial charge in [0.2, 0.25) is 0 Å². The highest BCUT2D eigenvalue weighted by Crippen LogP contribution is 2.10. The Morgan fingerprint density at radius 1 is 1.05 bits per heavy atom. The number of hydrogen-bond donors (Lipinski definition) is 2. The summed E-state index contributed by atoms with van der Waals surface area (Å²) in [7, 11) is 2.20. The second-order valence-corrected chi connectivity index (χ2v) is 6.93. The molecule has 3 N–H and O–H groups in total. The van der Waals surface area contributed by atoms with Crippen LogP contribution in [0.15, 0.2) is 24.3 Å². The van der Waals surface area contributed by atoms with E-state index in [0.29, 0.717) is 5.92 Å². The van der Waals surface area contributed by atoms with Crippen LogP contribution in [0.4, 0.5) is 0 Å². The Labute approximate surface area is 135 Å². The Morgan fingerprint density at radius 2 is 1.64 bits per heavy atom. The number of rotatable bonds is 7. The predicted molar refractivity (Wildman–Crippen MR) is 93.7 cm³/mol. The van der Waals surface area contributed by atoms with Crippen molar-refractivity contribution >= 4 is 0 Å². The van der Waals surface area contributed by atoms with Gasteiger partial charge in [-0.2, -0.15) is 0 Å². The highest BCUT2D eigenvalue weighted by Gasteiger charge is 2.13. The van der Waals surface area contributed by atoms with E-state index in [0.717, 1.165) is 19.6 Å². The molecule has 0 aromatic heterocycles. The van der Waals surface area contributed by atoms with Crippen LogP contribution in [0.1, 0.15) is 25.0 Å². The minimum absolute atomic E-state index is 0.233. The number of likely N-dealkylation sites (N-methyl/N-ethyl adjacent to an activating group) is 1. The van der Waals surface area contributed by atoms with E-state index in [-0.39, 0.29) is 6.04 Å². The van der Waals surface area contributed by atoms with Crippen molar-refractivity contribution in [1.29, 1.82) is 0 Å². The van der Waals surface area contributed by atoms with Gasteiger partial charge in [-0.1, -0.05) is 38.1 Å². The van der Waals surface area contributed by atoms with Gasteiger partial charge >= 0.3 is 0 Å². The molecular weight excluding hydrogens is 272 g/mol. The van der Waals surface area contributed by atoms with Gasteiger partial charge in [-0.05, 0) is 24.1 Å². The Kier molecular flexibility index (Phi) is 6.83. The number of piperazine rings is 1. The molecule has 0 aliphatic carbocycles. The molecule has 4 heteroatoms. The standard InChI is InChI=1S/C18H32N4/c1-15(2)18(19)13-20-12-16-4-6-17(7-5-16)14-22-10-8-21(3)9-11-22/h4-7,15,18,20H,8-14,19H2,1-3H3. The van der Waals surface area contributed by atoms with Crippen molar-refractivity contribution in [2.24, 2.45) is 11.7 Å². The van der Waals surface area contributed by atoms with Gasteiger partial charge in [0.1, 0.15) is 0 Å². The first-order valence-electron chi connectivity index (χ1n) is 8.49. The highest BCUT2D eigenvalue weighted by atomic mass is 15.2. The highest BCUT2D eigenvalue weighted by molar-refractivity contribution is 5.22. The van der Waals surface area contributed by atoms with Gasteiger partial charge in [0.25, 0.3) is 0 Å². The number of nitrogens with two attached hydrogens (primary N) is 1. The van der Waals surface area contributed by atoms with Gasteiger partial charge in [-0.25, -0.2) is 0 Å². The molecule has 1 aromatic carbocycles. The summed E-state index contributed by atoms with van der Waals surface area (Å²) in [4.78, 5) is 4.93. The van der Waals surface area contributed by atoms with Crippen LogP contribution < -0.4 is 11.1 Å². The van der Waals surface area contributed by atoms with E-state index >= 15 is 0 Å². The molecule has 0 spiro atoms. The third-order valence-electron chi connectivity index (χ3n) is 4.59. The number of nitrogens with zero attached hydrogens (tertiary/aromatic N) is 2. The van der Waals surface area contributed by atoms with E-state index in [1.165, 1.54) is 37.3 Å². The lowest BCUT2D eigenvalue weighted by atomic mass is 10.1. The van der Waals surface area contributed by atoms with Crippen LogP contribution in [-0.2, 0) is 13.1 Å². The molecule has 1 aliphatic rings. The maximum Gasteiger partial charge on any atom is 0.0234 e. The summed E-state index contributed by atoms with van der Waals surface area (Å²) in [5.41, 5.74) is 8.79. The van der Waals surface area contributed by atoms with E-state index in [1.54, 1.807) is 0 Å². The van der Waals surface area contributed by atoms with Gasteiger partial charge in [0.05, 0.1) is 0 Å².